The van der Waals surface area contributed by atoms with Crippen molar-refractivity contribution in [3.05, 3.63) is 51.7 Å². The molecule has 0 saturated heterocycles. The lowest BCUT2D eigenvalue weighted by Crippen LogP contribution is -2.23. The molecule has 2 aromatic rings. The van der Waals surface area contributed by atoms with Crippen LogP contribution in [0.1, 0.15) is 48.3 Å². The maximum absolute atomic E-state index is 13.7. The smallest absolute Gasteiger partial charge is 0.127 e. The second-order valence-corrected chi connectivity index (χ2v) is 5.80. The quantitative estimate of drug-likeness (QED) is 0.884. The van der Waals surface area contributed by atoms with Crippen LogP contribution in [0.3, 0.4) is 0 Å². The van der Waals surface area contributed by atoms with Gasteiger partial charge in [0.05, 0.1) is 6.04 Å². The number of hydrogen-bond donors (Lipinski definition) is 1. The highest BCUT2D eigenvalue weighted by Crippen LogP contribution is 2.24. The van der Waals surface area contributed by atoms with Gasteiger partial charge in [-0.15, -0.1) is 11.3 Å². The third-order valence-corrected chi connectivity index (χ3v) is 4.49. The summed E-state index contributed by atoms with van der Waals surface area (Å²) in [6.45, 7) is 6.16. The van der Waals surface area contributed by atoms with Gasteiger partial charge in [0.25, 0.3) is 0 Å². The molecule has 2 rings (SSSR count). The van der Waals surface area contributed by atoms with Gasteiger partial charge in [0, 0.05) is 22.7 Å². The highest BCUT2D eigenvalue weighted by molar-refractivity contribution is 7.11. The highest BCUT2D eigenvalue weighted by atomic mass is 32.1. The maximum Gasteiger partial charge on any atom is 0.127 e. The molecule has 0 saturated carbocycles. The van der Waals surface area contributed by atoms with E-state index in [0.717, 1.165) is 11.4 Å². The monoisotopic (exact) mass is 278 g/mol. The Hall–Kier alpha value is -1.26. The normalized spacial score (nSPS) is 14.3. The van der Waals surface area contributed by atoms with Crippen LogP contribution in [0, 0.1) is 5.82 Å². The molecule has 1 N–H and O–H groups in total. The zero-order chi connectivity index (χ0) is 13.8. The summed E-state index contributed by atoms with van der Waals surface area (Å²) in [4.78, 5) is 5.70. The number of thiazole rings is 1. The van der Waals surface area contributed by atoms with E-state index in [1.165, 1.54) is 10.9 Å². The topological polar surface area (TPSA) is 24.9 Å². The van der Waals surface area contributed by atoms with Crippen molar-refractivity contribution in [2.45, 2.75) is 39.3 Å². The Kier molecular flexibility index (Phi) is 4.66. The van der Waals surface area contributed by atoms with Crippen molar-refractivity contribution in [2.24, 2.45) is 0 Å². The molecule has 2 unspecified atom stereocenters. The van der Waals surface area contributed by atoms with Crippen LogP contribution in [-0.4, -0.2) is 4.98 Å². The first kappa shape index (κ1) is 14.2. The van der Waals surface area contributed by atoms with Crippen molar-refractivity contribution >= 4 is 11.3 Å². The molecular weight excluding hydrogens is 259 g/mol. The molecule has 2 atom stereocenters. The van der Waals surface area contributed by atoms with Gasteiger partial charge in [0.1, 0.15) is 10.8 Å². The standard InChI is InChI=1S/C15H19FN2S/c1-4-12-9-17-15(19-12)11(3)18-10(2)13-7-5-6-8-14(13)16/h5-11,18H,4H2,1-3H3. The van der Waals surface area contributed by atoms with Gasteiger partial charge in [-0.3, -0.25) is 0 Å². The fourth-order valence-electron chi connectivity index (χ4n) is 2.05. The minimum atomic E-state index is -0.164. The first-order valence-corrected chi connectivity index (χ1v) is 7.38. The van der Waals surface area contributed by atoms with Crippen molar-refractivity contribution in [3.8, 4) is 0 Å². The molecule has 4 heteroatoms. The third-order valence-electron chi connectivity index (χ3n) is 3.16. The van der Waals surface area contributed by atoms with E-state index in [-0.39, 0.29) is 17.9 Å². The van der Waals surface area contributed by atoms with Gasteiger partial charge < -0.3 is 5.32 Å². The molecule has 102 valence electrons. The van der Waals surface area contributed by atoms with E-state index in [0.29, 0.717) is 5.56 Å². The average molecular weight is 278 g/mol. The van der Waals surface area contributed by atoms with Gasteiger partial charge in [0.15, 0.2) is 0 Å². The van der Waals surface area contributed by atoms with Gasteiger partial charge in [0.2, 0.25) is 0 Å². The molecule has 0 aliphatic heterocycles. The first-order valence-electron chi connectivity index (χ1n) is 6.57. The summed E-state index contributed by atoms with van der Waals surface area (Å²) < 4.78 is 13.7. The van der Waals surface area contributed by atoms with E-state index in [2.05, 4.69) is 24.1 Å². The van der Waals surface area contributed by atoms with Crippen LogP contribution in [0.4, 0.5) is 4.39 Å². The Bertz CT molecular complexity index is 538. The number of halogens is 1. The summed E-state index contributed by atoms with van der Waals surface area (Å²) in [6.07, 6.45) is 2.93. The fourth-order valence-corrected chi connectivity index (χ4v) is 2.92. The van der Waals surface area contributed by atoms with Crippen molar-refractivity contribution < 1.29 is 4.39 Å². The van der Waals surface area contributed by atoms with Crippen LogP contribution in [0.2, 0.25) is 0 Å². The molecular formula is C15H19FN2S. The molecule has 0 bridgehead atoms. The summed E-state index contributed by atoms with van der Waals surface area (Å²) in [5.74, 6) is -0.164. The molecule has 0 aliphatic carbocycles. The van der Waals surface area contributed by atoms with E-state index in [1.54, 1.807) is 17.4 Å². The first-order chi connectivity index (χ1) is 9.11. The zero-order valence-corrected chi connectivity index (χ0v) is 12.3. The average Bonchev–Trinajstić information content (AvgIpc) is 2.88. The van der Waals surface area contributed by atoms with E-state index in [9.17, 15) is 4.39 Å². The third kappa shape index (κ3) is 3.39. The summed E-state index contributed by atoms with van der Waals surface area (Å²) in [5.41, 5.74) is 0.696. The number of rotatable bonds is 5. The van der Waals surface area contributed by atoms with Crippen LogP contribution in [0.15, 0.2) is 30.5 Å². The number of benzene rings is 1. The fraction of sp³-hybridized carbons (Fsp3) is 0.400. The molecule has 0 radical (unpaired) electrons. The largest absolute Gasteiger partial charge is 0.301 e. The second-order valence-electron chi connectivity index (χ2n) is 4.65. The number of nitrogens with one attached hydrogen (secondary N) is 1. The Balaban J connectivity index is 2.06. The second kappa shape index (κ2) is 6.26. The van der Waals surface area contributed by atoms with E-state index >= 15 is 0 Å². The van der Waals surface area contributed by atoms with E-state index in [4.69, 9.17) is 0 Å². The Labute approximate surface area is 117 Å². The summed E-state index contributed by atoms with van der Waals surface area (Å²) >= 11 is 1.71. The van der Waals surface area contributed by atoms with Gasteiger partial charge in [-0.1, -0.05) is 25.1 Å². The Morgan fingerprint density at radius 2 is 2.00 bits per heavy atom. The molecule has 2 nitrogen and oxygen atoms in total. The lowest BCUT2D eigenvalue weighted by molar-refractivity contribution is 0.473. The zero-order valence-electron chi connectivity index (χ0n) is 11.5. The summed E-state index contributed by atoms with van der Waals surface area (Å²) in [7, 11) is 0. The van der Waals surface area contributed by atoms with Gasteiger partial charge in [-0.2, -0.15) is 0 Å². The number of aryl methyl sites for hydroxylation is 1. The molecule has 0 amide bonds. The predicted molar refractivity (Wildman–Crippen MR) is 77.9 cm³/mol. The lowest BCUT2D eigenvalue weighted by atomic mass is 10.1. The molecule has 1 heterocycles. The highest BCUT2D eigenvalue weighted by Gasteiger charge is 2.16. The molecule has 0 spiro atoms. The number of aromatic nitrogens is 1. The predicted octanol–water partition coefficient (Wildman–Crippen LogP) is 4.26. The summed E-state index contributed by atoms with van der Waals surface area (Å²) in [6, 6.07) is 6.98. The van der Waals surface area contributed by atoms with Crippen molar-refractivity contribution in [3.63, 3.8) is 0 Å². The van der Waals surface area contributed by atoms with Crippen molar-refractivity contribution in [1.82, 2.24) is 10.3 Å². The lowest BCUT2D eigenvalue weighted by Gasteiger charge is -2.19. The number of nitrogens with zero attached hydrogens (tertiary/aromatic N) is 1. The van der Waals surface area contributed by atoms with Gasteiger partial charge in [-0.05, 0) is 26.3 Å². The van der Waals surface area contributed by atoms with Crippen LogP contribution in [-0.2, 0) is 6.42 Å². The van der Waals surface area contributed by atoms with Crippen LogP contribution >= 0.6 is 11.3 Å². The SMILES string of the molecule is CCc1cnc(C(C)NC(C)c2ccccc2F)s1. The van der Waals surface area contributed by atoms with Crippen molar-refractivity contribution in [2.75, 3.05) is 0 Å². The molecule has 1 aromatic carbocycles. The minimum Gasteiger partial charge on any atom is -0.301 e. The van der Waals surface area contributed by atoms with E-state index in [1.807, 2.05) is 25.3 Å². The Morgan fingerprint density at radius 1 is 1.26 bits per heavy atom. The van der Waals surface area contributed by atoms with Gasteiger partial charge >= 0.3 is 0 Å². The van der Waals surface area contributed by atoms with Crippen molar-refractivity contribution in [1.29, 1.82) is 0 Å². The molecule has 19 heavy (non-hydrogen) atoms. The Morgan fingerprint density at radius 3 is 2.63 bits per heavy atom. The van der Waals surface area contributed by atoms with Crippen LogP contribution in [0.5, 0.6) is 0 Å². The molecule has 1 aromatic heterocycles. The molecule has 0 fully saturated rings. The summed E-state index contributed by atoms with van der Waals surface area (Å²) in [5, 5.41) is 4.45. The van der Waals surface area contributed by atoms with Crippen LogP contribution < -0.4 is 5.32 Å². The number of hydrogen-bond acceptors (Lipinski definition) is 3. The maximum atomic E-state index is 13.7. The molecule has 0 aliphatic rings. The van der Waals surface area contributed by atoms with Crippen LogP contribution in [0.25, 0.3) is 0 Å². The van der Waals surface area contributed by atoms with E-state index < -0.39 is 0 Å². The minimum absolute atomic E-state index is 0.0369. The van der Waals surface area contributed by atoms with Gasteiger partial charge in [-0.25, -0.2) is 9.37 Å².